The summed E-state index contributed by atoms with van der Waals surface area (Å²) in [4.78, 5) is 0. The van der Waals surface area contributed by atoms with Crippen LogP contribution in [0.2, 0.25) is 0 Å². The minimum atomic E-state index is 0.651. The van der Waals surface area contributed by atoms with Crippen LogP contribution in [-0.4, -0.2) is 15.8 Å². The first-order chi connectivity index (χ1) is 6.68. The minimum Gasteiger partial charge on any atom is -0.379 e. The summed E-state index contributed by atoms with van der Waals surface area (Å²) in [5.41, 5.74) is 2.43. The fourth-order valence-corrected chi connectivity index (χ4v) is 2.20. The van der Waals surface area contributed by atoms with Gasteiger partial charge in [-0.15, -0.1) is 0 Å². The largest absolute Gasteiger partial charge is 0.379 e. The molecule has 0 aromatic carbocycles. The quantitative estimate of drug-likeness (QED) is 0.781. The maximum absolute atomic E-state index is 4.24. The van der Waals surface area contributed by atoms with Crippen LogP contribution in [0.4, 0.5) is 5.69 Å². The fraction of sp³-hybridized carbons (Fsp3) is 0.727. The van der Waals surface area contributed by atoms with Gasteiger partial charge >= 0.3 is 0 Å². The number of anilines is 1. The molecule has 0 amide bonds. The fourth-order valence-electron chi connectivity index (χ4n) is 2.20. The van der Waals surface area contributed by atoms with E-state index in [1.807, 2.05) is 17.9 Å². The summed E-state index contributed by atoms with van der Waals surface area (Å²) in [5.74, 6) is 0.801. The Bertz CT molecular complexity index is 316. The Morgan fingerprint density at radius 2 is 2.29 bits per heavy atom. The van der Waals surface area contributed by atoms with E-state index >= 15 is 0 Å². The molecule has 0 saturated heterocycles. The van der Waals surface area contributed by atoms with E-state index in [9.17, 15) is 0 Å². The first-order valence-electron chi connectivity index (χ1n) is 5.43. The Hall–Kier alpha value is -0.990. The average molecular weight is 193 g/mol. The average Bonchev–Trinajstić information content (AvgIpc) is 2.68. The zero-order chi connectivity index (χ0) is 10.1. The van der Waals surface area contributed by atoms with Gasteiger partial charge in [-0.25, -0.2) is 0 Å². The molecule has 1 aromatic rings. The van der Waals surface area contributed by atoms with Crippen LogP contribution in [0.25, 0.3) is 0 Å². The van der Waals surface area contributed by atoms with Crippen LogP contribution < -0.4 is 5.32 Å². The van der Waals surface area contributed by atoms with Crippen molar-refractivity contribution in [3.63, 3.8) is 0 Å². The highest BCUT2D eigenvalue weighted by atomic mass is 15.3. The van der Waals surface area contributed by atoms with Gasteiger partial charge in [0, 0.05) is 13.1 Å². The molecule has 2 atom stereocenters. The molecule has 14 heavy (non-hydrogen) atoms. The van der Waals surface area contributed by atoms with E-state index in [1.54, 1.807) is 0 Å². The van der Waals surface area contributed by atoms with Gasteiger partial charge in [0.05, 0.1) is 17.6 Å². The van der Waals surface area contributed by atoms with Crippen molar-refractivity contribution >= 4 is 5.69 Å². The monoisotopic (exact) mass is 193 g/mol. The summed E-state index contributed by atoms with van der Waals surface area (Å²) in [6, 6.07) is 0.651. The highest BCUT2D eigenvalue weighted by Gasteiger charge is 2.23. The zero-order valence-electron chi connectivity index (χ0n) is 9.25. The molecule has 1 fully saturated rings. The molecule has 3 nitrogen and oxygen atoms in total. The summed E-state index contributed by atoms with van der Waals surface area (Å²) in [7, 11) is 1.98. The lowest BCUT2D eigenvalue weighted by Gasteiger charge is -2.17. The number of aromatic nitrogens is 2. The van der Waals surface area contributed by atoms with Gasteiger partial charge in [0.15, 0.2) is 0 Å². The molecule has 3 heteroatoms. The molecule has 1 N–H and O–H groups in total. The summed E-state index contributed by atoms with van der Waals surface area (Å²) in [6.45, 7) is 4.44. The predicted molar refractivity (Wildman–Crippen MR) is 58.4 cm³/mol. The first-order valence-corrected chi connectivity index (χ1v) is 5.43. The molecule has 0 radical (unpaired) electrons. The molecule has 0 spiro atoms. The van der Waals surface area contributed by atoms with E-state index in [-0.39, 0.29) is 0 Å². The van der Waals surface area contributed by atoms with Gasteiger partial charge in [0.1, 0.15) is 0 Å². The van der Waals surface area contributed by atoms with Gasteiger partial charge in [0.25, 0.3) is 0 Å². The summed E-state index contributed by atoms with van der Waals surface area (Å²) >= 11 is 0. The standard InChI is InChI=1S/C11H19N3/c1-8-5-4-6-10(8)13-11-7-12-14(3)9(11)2/h7-8,10,13H,4-6H2,1-3H3. The normalized spacial score (nSPS) is 26.8. The third-order valence-electron chi connectivity index (χ3n) is 3.44. The van der Waals surface area contributed by atoms with Crippen LogP contribution in [0.5, 0.6) is 0 Å². The Balaban J connectivity index is 2.07. The van der Waals surface area contributed by atoms with Crippen molar-refractivity contribution < 1.29 is 0 Å². The van der Waals surface area contributed by atoms with Crippen LogP contribution in [-0.2, 0) is 7.05 Å². The van der Waals surface area contributed by atoms with Crippen molar-refractivity contribution in [1.82, 2.24) is 9.78 Å². The van der Waals surface area contributed by atoms with E-state index in [0.29, 0.717) is 6.04 Å². The van der Waals surface area contributed by atoms with Crippen molar-refractivity contribution in [1.29, 1.82) is 0 Å². The van der Waals surface area contributed by atoms with Crippen LogP contribution in [0.1, 0.15) is 31.9 Å². The lowest BCUT2D eigenvalue weighted by Crippen LogP contribution is -2.21. The van der Waals surface area contributed by atoms with Gasteiger partial charge in [-0.2, -0.15) is 5.10 Å². The van der Waals surface area contributed by atoms with E-state index in [0.717, 1.165) is 5.92 Å². The van der Waals surface area contributed by atoms with Gasteiger partial charge in [-0.05, 0) is 25.7 Å². The van der Waals surface area contributed by atoms with E-state index in [4.69, 9.17) is 0 Å². The van der Waals surface area contributed by atoms with E-state index in [2.05, 4.69) is 24.3 Å². The molecular weight excluding hydrogens is 174 g/mol. The molecule has 2 rings (SSSR count). The maximum atomic E-state index is 4.24. The highest BCUT2D eigenvalue weighted by molar-refractivity contribution is 5.46. The third-order valence-corrected chi connectivity index (χ3v) is 3.44. The van der Waals surface area contributed by atoms with Crippen LogP contribution in [0.15, 0.2) is 6.20 Å². The molecule has 2 unspecified atom stereocenters. The van der Waals surface area contributed by atoms with Crippen molar-refractivity contribution in [2.45, 2.75) is 39.2 Å². The topological polar surface area (TPSA) is 29.9 Å². The van der Waals surface area contributed by atoms with Gasteiger partial charge < -0.3 is 5.32 Å². The molecule has 0 bridgehead atoms. The van der Waals surface area contributed by atoms with Crippen LogP contribution in [0, 0.1) is 12.8 Å². The number of aryl methyl sites for hydroxylation is 1. The van der Waals surface area contributed by atoms with Crippen LogP contribution in [0.3, 0.4) is 0 Å². The van der Waals surface area contributed by atoms with E-state index in [1.165, 1.54) is 30.6 Å². The molecule has 1 aromatic heterocycles. The summed E-state index contributed by atoms with van der Waals surface area (Å²) < 4.78 is 1.92. The van der Waals surface area contributed by atoms with Crippen molar-refractivity contribution in [2.24, 2.45) is 13.0 Å². The van der Waals surface area contributed by atoms with Crippen LogP contribution >= 0.6 is 0 Å². The lowest BCUT2D eigenvalue weighted by molar-refractivity contribution is 0.556. The maximum Gasteiger partial charge on any atom is 0.0758 e. The number of rotatable bonds is 2. The molecule has 1 heterocycles. The SMILES string of the molecule is Cc1c(NC2CCCC2C)cnn1C. The van der Waals surface area contributed by atoms with Gasteiger partial charge in [0.2, 0.25) is 0 Å². The minimum absolute atomic E-state index is 0.651. The first kappa shape index (κ1) is 9.56. The smallest absolute Gasteiger partial charge is 0.0758 e. The summed E-state index contributed by atoms with van der Waals surface area (Å²) in [6.07, 6.45) is 5.95. The summed E-state index contributed by atoms with van der Waals surface area (Å²) in [5, 5.41) is 7.83. The lowest BCUT2D eigenvalue weighted by atomic mass is 10.1. The number of nitrogens with one attached hydrogen (secondary N) is 1. The van der Waals surface area contributed by atoms with E-state index < -0.39 is 0 Å². The van der Waals surface area contributed by atoms with Crippen molar-refractivity contribution in [3.8, 4) is 0 Å². The molecule has 0 aliphatic heterocycles. The van der Waals surface area contributed by atoms with Crippen molar-refractivity contribution in [2.75, 3.05) is 5.32 Å². The molecule has 78 valence electrons. The number of hydrogen-bond donors (Lipinski definition) is 1. The number of hydrogen-bond acceptors (Lipinski definition) is 2. The Kier molecular flexibility index (Phi) is 2.48. The Labute approximate surface area is 85.5 Å². The second kappa shape index (κ2) is 3.64. The third kappa shape index (κ3) is 1.63. The Morgan fingerprint density at radius 1 is 1.50 bits per heavy atom. The second-order valence-corrected chi connectivity index (χ2v) is 4.43. The predicted octanol–water partition coefficient (Wildman–Crippen LogP) is 2.33. The van der Waals surface area contributed by atoms with Gasteiger partial charge in [-0.3, -0.25) is 4.68 Å². The highest BCUT2D eigenvalue weighted by Crippen LogP contribution is 2.28. The molecule has 1 aliphatic carbocycles. The second-order valence-electron chi connectivity index (χ2n) is 4.43. The number of nitrogens with zero attached hydrogens (tertiary/aromatic N) is 2. The van der Waals surface area contributed by atoms with Gasteiger partial charge in [-0.1, -0.05) is 13.3 Å². The molecule has 1 saturated carbocycles. The zero-order valence-corrected chi connectivity index (χ0v) is 9.25. The van der Waals surface area contributed by atoms with Crippen molar-refractivity contribution in [3.05, 3.63) is 11.9 Å². The molecular formula is C11H19N3. The molecule has 1 aliphatic rings. The Morgan fingerprint density at radius 3 is 2.79 bits per heavy atom.